The maximum Gasteiger partial charge on any atom is 0.237 e. The van der Waals surface area contributed by atoms with E-state index in [-0.39, 0.29) is 0 Å². The highest BCUT2D eigenvalue weighted by atomic mass is 28.1. The molecule has 0 aromatic carbocycles. The average molecular weight is 142 g/mol. The molecule has 0 saturated carbocycles. The maximum absolute atomic E-state index is 9.58. The molecule has 0 aliphatic rings. The van der Waals surface area contributed by atoms with Gasteiger partial charge in [0.15, 0.2) is 6.17 Å². The van der Waals surface area contributed by atoms with Crippen molar-refractivity contribution >= 4 is 22.4 Å². The fraction of sp³-hybridized carbons (Fsp3) is 0.500. The van der Waals surface area contributed by atoms with Crippen molar-refractivity contribution in [2.45, 2.75) is 12.2 Å². The molecule has 0 aromatic rings. The van der Waals surface area contributed by atoms with E-state index in [0.29, 0.717) is 6.04 Å². The first-order valence-electron chi connectivity index (χ1n) is 2.49. The van der Waals surface area contributed by atoms with Crippen molar-refractivity contribution in [1.82, 2.24) is 0 Å². The van der Waals surface area contributed by atoms with E-state index in [4.69, 9.17) is 0 Å². The molecule has 0 amide bonds. The summed E-state index contributed by atoms with van der Waals surface area (Å²) in [5.41, 5.74) is 0. The third-order valence-corrected chi connectivity index (χ3v) is 1.50. The lowest BCUT2D eigenvalue weighted by Gasteiger charge is -1.92. The number of rotatable bonds is 3. The molecule has 9 heavy (non-hydrogen) atoms. The molecule has 0 unspecified atom stereocenters. The van der Waals surface area contributed by atoms with Gasteiger partial charge in [-0.05, 0) is 6.04 Å². The minimum atomic E-state index is -0.522. The highest BCUT2D eigenvalue weighted by molar-refractivity contribution is 6.09. The van der Waals surface area contributed by atoms with Gasteiger partial charge in [0, 0.05) is 10.2 Å². The molecule has 0 saturated heterocycles. The molecule has 0 rings (SSSR count). The number of aliphatic imine (C=N–C) groups is 2. The topological polar surface area (TPSA) is 58.9 Å². The Morgan fingerprint density at radius 3 is 2.00 bits per heavy atom. The predicted molar refractivity (Wildman–Crippen MR) is 34.8 cm³/mol. The summed E-state index contributed by atoms with van der Waals surface area (Å²) in [7, 11) is 0.855. The van der Waals surface area contributed by atoms with Gasteiger partial charge in [-0.2, -0.15) is 9.98 Å². The van der Waals surface area contributed by atoms with Crippen LogP contribution in [0.3, 0.4) is 0 Å². The summed E-state index contributed by atoms with van der Waals surface area (Å²) >= 11 is 0. The molecule has 0 aliphatic heterocycles. The molecule has 0 N–H and O–H groups in total. The van der Waals surface area contributed by atoms with Gasteiger partial charge in [-0.3, -0.25) is 0 Å². The Labute approximate surface area is 55.1 Å². The Bertz CT molecular complexity index is 151. The third-order valence-electron chi connectivity index (χ3n) is 0.769. The molecule has 0 heterocycles. The van der Waals surface area contributed by atoms with Crippen LogP contribution in [0.1, 0.15) is 0 Å². The van der Waals surface area contributed by atoms with Gasteiger partial charge in [0.2, 0.25) is 12.2 Å². The quantitative estimate of drug-likeness (QED) is 0.281. The van der Waals surface area contributed by atoms with Crippen LogP contribution in [0.5, 0.6) is 0 Å². The van der Waals surface area contributed by atoms with Crippen LogP contribution in [0.25, 0.3) is 0 Å². The van der Waals surface area contributed by atoms with E-state index in [1.54, 1.807) is 0 Å². The highest BCUT2D eigenvalue weighted by Crippen LogP contribution is 1.93. The summed E-state index contributed by atoms with van der Waals surface area (Å²) in [5, 5.41) is 0. The Morgan fingerprint density at radius 1 is 1.33 bits per heavy atom. The molecule has 0 aliphatic carbocycles. The zero-order valence-electron chi connectivity index (χ0n) is 5.00. The summed E-state index contributed by atoms with van der Waals surface area (Å²) in [6, 6.07) is 0.657. The smallest absolute Gasteiger partial charge is 0.211 e. The lowest BCUT2D eigenvalue weighted by molar-refractivity contribution is 0.553. The second kappa shape index (κ2) is 5.12. The van der Waals surface area contributed by atoms with Crippen molar-refractivity contribution in [3.05, 3.63) is 0 Å². The second-order valence-electron chi connectivity index (χ2n) is 1.33. The zero-order valence-corrected chi connectivity index (χ0v) is 7.00. The average Bonchev–Trinajstić information content (AvgIpc) is 1.88. The molecule has 0 atom stereocenters. The number of carbonyl (C=O) groups excluding carboxylic acids is 2. The normalized spacial score (nSPS) is 11.1. The summed E-state index contributed by atoms with van der Waals surface area (Å²) < 4.78 is 0. The number of isocyanates is 2. The number of hydrogen-bond donors (Lipinski definition) is 0. The lowest BCUT2D eigenvalue weighted by Crippen LogP contribution is -1.96. The number of hydrogen-bond acceptors (Lipinski definition) is 4. The largest absolute Gasteiger partial charge is 0.237 e. The van der Waals surface area contributed by atoms with Crippen molar-refractivity contribution in [3.63, 3.8) is 0 Å². The third kappa shape index (κ3) is 3.55. The maximum atomic E-state index is 9.58. The monoisotopic (exact) mass is 142 g/mol. The van der Waals surface area contributed by atoms with Gasteiger partial charge < -0.3 is 0 Å². The summed E-state index contributed by atoms with van der Waals surface area (Å²) in [5.74, 6) is 0. The van der Waals surface area contributed by atoms with Crippen LogP contribution in [0, 0.1) is 0 Å². The molecule has 0 fully saturated rings. The van der Waals surface area contributed by atoms with Crippen LogP contribution in [0.15, 0.2) is 9.98 Å². The van der Waals surface area contributed by atoms with Crippen molar-refractivity contribution in [2.75, 3.05) is 0 Å². The standard InChI is InChI=1S/C4H6N2O2Si/c7-2-5-4(1-9)6-3-8/h4H,1H2,9H3. The van der Waals surface area contributed by atoms with E-state index in [9.17, 15) is 9.59 Å². The molecule has 0 bridgehead atoms. The molecule has 5 heteroatoms. The van der Waals surface area contributed by atoms with Gasteiger partial charge in [-0.1, -0.05) is 0 Å². The van der Waals surface area contributed by atoms with E-state index in [1.807, 2.05) is 0 Å². The van der Waals surface area contributed by atoms with Crippen molar-refractivity contribution in [2.24, 2.45) is 9.98 Å². The highest BCUT2D eigenvalue weighted by Gasteiger charge is 1.96. The van der Waals surface area contributed by atoms with Crippen molar-refractivity contribution in [1.29, 1.82) is 0 Å². The Balaban J connectivity index is 3.97. The van der Waals surface area contributed by atoms with Gasteiger partial charge in [-0.15, -0.1) is 0 Å². The first-order valence-corrected chi connectivity index (χ1v) is 3.90. The fourth-order valence-electron chi connectivity index (χ4n) is 0.333. The van der Waals surface area contributed by atoms with Gasteiger partial charge >= 0.3 is 0 Å². The number of nitrogens with zero attached hydrogens (tertiary/aromatic N) is 2. The molecule has 0 radical (unpaired) electrons. The molecule has 0 aromatic heterocycles. The molecule has 48 valence electrons. The van der Waals surface area contributed by atoms with Crippen LogP contribution in [-0.2, 0) is 9.59 Å². The zero-order chi connectivity index (χ0) is 7.11. The van der Waals surface area contributed by atoms with Crippen molar-refractivity contribution in [3.8, 4) is 0 Å². The van der Waals surface area contributed by atoms with Crippen LogP contribution >= 0.6 is 0 Å². The molecule has 0 spiro atoms. The summed E-state index contributed by atoms with van der Waals surface area (Å²) in [4.78, 5) is 25.6. The first kappa shape index (κ1) is 7.98. The minimum absolute atomic E-state index is 0.522. The van der Waals surface area contributed by atoms with Gasteiger partial charge in [0.1, 0.15) is 0 Å². The fourth-order valence-corrected chi connectivity index (χ4v) is 0.698. The van der Waals surface area contributed by atoms with E-state index in [2.05, 4.69) is 9.98 Å². The van der Waals surface area contributed by atoms with Gasteiger partial charge in [-0.25, -0.2) is 9.59 Å². The van der Waals surface area contributed by atoms with Crippen molar-refractivity contribution < 1.29 is 9.59 Å². The van der Waals surface area contributed by atoms with Crippen LogP contribution in [-0.4, -0.2) is 28.6 Å². The second-order valence-corrected chi connectivity index (χ2v) is 2.15. The lowest BCUT2D eigenvalue weighted by atomic mass is 10.6. The van der Waals surface area contributed by atoms with Gasteiger partial charge in [0.05, 0.1) is 0 Å². The van der Waals surface area contributed by atoms with E-state index >= 15 is 0 Å². The van der Waals surface area contributed by atoms with Gasteiger partial charge in [0.25, 0.3) is 0 Å². The Kier molecular flexibility index (Phi) is 4.54. The first-order chi connectivity index (χ1) is 4.35. The molecule has 4 nitrogen and oxygen atoms in total. The predicted octanol–water partition coefficient (Wildman–Crippen LogP) is -1.23. The molecular formula is C4H6N2O2Si. The van der Waals surface area contributed by atoms with E-state index in [0.717, 1.165) is 10.2 Å². The Hall–Kier alpha value is -1.02. The van der Waals surface area contributed by atoms with Crippen LogP contribution in [0.4, 0.5) is 0 Å². The summed E-state index contributed by atoms with van der Waals surface area (Å²) in [6.45, 7) is 0. The SMILES string of the molecule is O=C=NC(C[SiH3])N=C=O. The van der Waals surface area contributed by atoms with Crippen LogP contribution < -0.4 is 0 Å². The molecular weight excluding hydrogens is 136 g/mol. The van der Waals surface area contributed by atoms with E-state index < -0.39 is 6.17 Å². The van der Waals surface area contributed by atoms with E-state index in [1.165, 1.54) is 12.2 Å². The minimum Gasteiger partial charge on any atom is -0.211 e. The summed E-state index contributed by atoms with van der Waals surface area (Å²) in [6.07, 6.45) is 2.13. The van der Waals surface area contributed by atoms with Crippen LogP contribution in [0.2, 0.25) is 6.04 Å². The Morgan fingerprint density at radius 2 is 1.78 bits per heavy atom.